The van der Waals surface area contributed by atoms with Gasteiger partial charge in [-0.15, -0.1) is 10.2 Å². The number of aromatic amines is 1. The summed E-state index contributed by atoms with van der Waals surface area (Å²) >= 11 is 0. The van der Waals surface area contributed by atoms with E-state index in [1.54, 1.807) is 6.33 Å². The quantitative estimate of drug-likeness (QED) is 0.746. The number of aromatic nitrogens is 5. The molecule has 3 aromatic rings. The molecule has 17 heavy (non-hydrogen) atoms. The number of nitrogens with zero attached hydrogens (tertiary/aromatic N) is 4. The Hall–Kier alpha value is -2.17. The lowest BCUT2D eigenvalue weighted by molar-refractivity contribution is 0.681. The second kappa shape index (κ2) is 4.01. The molecule has 86 valence electrons. The standard InChI is InChI=1S/C12H13N5/c1-2-7-17-8-13-16-12(17)11-9-5-3-4-6-10(9)14-15-11/h3-6,8H,2,7H2,1H3,(H,14,15). The van der Waals surface area contributed by atoms with Gasteiger partial charge in [-0.2, -0.15) is 5.10 Å². The highest BCUT2D eigenvalue weighted by atomic mass is 15.3. The fourth-order valence-electron chi connectivity index (χ4n) is 1.98. The molecule has 0 unspecified atom stereocenters. The Morgan fingerprint density at radius 3 is 3.06 bits per heavy atom. The van der Waals surface area contributed by atoms with Crippen molar-refractivity contribution in [1.82, 2.24) is 25.0 Å². The summed E-state index contributed by atoms with van der Waals surface area (Å²) < 4.78 is 2.03. The van der Waals surface area contributed by atoms with Crippen LogP contribution in [-0.2, 0) is 6.54 Å². The third kappa shape index (κ3) is 1.60. The number of fused-ring (bicyclic) bond motifs is 1. The molecule has 1 N–H and O–H groups in total. The van der Waals surface area contributed by atoms with E-state index in [0.29, 0.717) is 0 Å². The fourth-order valence-corrected chi connectivity index (χ4v) is 1.98. The Labute approximate surface area is 98.5 Å². The predicted octanol–water partition coefficient (Wildman–Crippen LogP) is 2.23. The first-order valence-corrected chi connectivity index (χ1v) is 5.71. The monoisotopic (exact) mass is 227 g/mol. The van der Waals surface area contributed by atoms with Crippen LogP contribution >= 0.6 is 0 Å². The van der Waals surface area contributed by atoms with Gasteiger partial charge in [0, 0.05) is 11.9 Å². The van der Waals surface area contributed by atoms with Crippen LogP contribution in [-0.4, -0.2) is 25.0 Å². The molecule has 0 bridgehead atoms. The van der Waals surface area contributed by atoms with E-state index < -0.39 is 0 Å². The number of benzene rings is 1. The van der Waals surface area contributed by atoms with Crippen molar-refractivity contribution in [3.63, 3.8) is 0 Å². The lowest BCUT2D eigenvalue weighted by Crippen LogP contribution is -1.98. The van der Waals surface area contributed by atoms with Crippen LogP contribution in [0.4, 0.5) is 0 Å². The zero-order chi connectivity index (χ0) is 11.7. The summed E-state index contributed by atoms with van der Waals surface area (Å²) in [4.78, 5) is 0. The molecule has 0 aliphatic carbocycles. The van der Waals surface area contributed by atoms with Crippen LogP contribution in [0.3, 0.4) is 0 Å². The predicted molar refractivity (Wildman–Crippen MR) is 65.4 cm³/mol. The summed E-state index contributed by atoms with van der Waals surface area (Å²) in [5.41, 5.74) is 1.89. The van der Waals surface area contributed by atoms with E-state index in [-0.39, 0.29) is 0 Å². The van der Waals surface area contributed by atoms with E-state index in [1.807, 2.05) is 28.8 Å². The van der Waals surface area contributed by atoms with Crippen molar-refractivity contribution in [3.05, 3.63) is 30.6 Å². The van der Waals surface area contributed by atoms with Gasteiger partial charge in [0.25, 0.3) is 0 Å². The van der Waals surface area contributed by atoms with Gasteiger partial charge >= 0.3 is 0 Å². The lowest BCUT2D eigenvalue weighted by Gasteiger charge is -2.01. The van der Waals surface area contributed by atoms with Crippen LogP contribution in [0.5, 0.6) is 0 Å². The Balaban J connectivity index is 2.17. The molecule has 0 fully saturated rings. The first-order chi connectivity index (χ1) is 8.40. The second-order valence-electron chi connectivity index (χ2n) is 3.97. The summed E-state index contributed by atoms with van der Waals surface area (Å²) in [7, 11) is 0. The molecular weight excluding hydrogens is 214 g/mol. The average molecular weight is 227 g/mol. The first-order valence-electron chi connectivity index (χ1n) is 5.71. The SMILES string of the molecule is CCCn1cnnc1-c1n[nH]c2ccccc12. The van der Waals surface area contributed by atoms with E-state index in [4.69, 9.17) is 0 Å². The van der Waals surface area contributed by atoms with Crippen LogP contribution in [0.15, 0.2) is 30.6 Å². The van der Waals surface area contributed by atoms with Crippen molar-refractivity contribution >= 4 is 10.9 Å². The van der Waals surface area contributed by atoms with E-state index in [0.717, 1.165) is 35.4 Å². The average Bonchev–Trinajstić information content (AvgIpc) is 2.95. The molecule has 2 heterocycles. The zero-order valence-electron chi connectivity index (χ0n) is 9.59. The Bertz CT molecular complexity index is 637. The third-order valence-electron chi connectivity index (χ3n) is 2.76. The van der Waals surface area contributed by atoms with Gasteiger partial charge in [-0.1, -0.05) is 25.1 Å². The van der Waals surface area contributed by atoms with Gasteiger partial charge in [-0.25, -0.2) is 0 Å². The van der Waals surface area contributed by atoms with E-state index in [9.17, 15) is 0 Å². The molecule has 1 aromatic carbocycles. The maximum Gasteiger partial charge on any atom is 0.184 e. The summed E-state index contributed by atoms with van der Waals surface area (Å²) in [6.07, 6.45) is 2.80. The van der Waals surface area contributed by atoms with Crippen LogP contribution in [0, 0.1) is 0 Å². The van der Waals surface area contributed by atoms with Crippen molar-refractivity contribution in [2.45, 2.75) is 19.9 Å². The molecule has 2 aromatic heterocycles. The highest BCUT2D eigenvalue weighted by molar-refractivity contribution is 5.90. The molecule has 0 radical (unpaired) electrons. The number of para-hydroxylation sites is 1. The Morgan fingerprint density at radius 2 is 2.18 bits per heavy atom. The number of H-pyrrole nitrogens is 1. The summed E-state index contributed by atoms with van der Waals surface area (Å²) in [5, 5.41) is 16.5. The van der Waals surface area contributed by atoms with Crippen molar-refractivity contribution in [3.8, 4) is 11.5 Å². The lowest BCUT2D eigenvalue weighted by atomic mass is 10.2. The number of hydrogen-bond donors (Lipinski definition) is 1. The summed E-state index contributed by atoms with van der Waals surface area (Å²) in [6, 6.07) is 8.04. The van der Waals surface area contributed by atoms with Crippen LogP contribution < -0.4 is 0 Å². The topological polar surface area (TPSA) is 59.4 Å². The number of hydrogen-bond acceptors (Lipinski definition) is 3. The highest BCUT2D eigenvalue weighted by Crippen LogP contribution is 2.24. The van der Waals surface area contributed by atoms with Crippen molar-refractivity contribution in [2.24, 2.45) is 0 Å². The molecule has 0 spiro atoms. The van der Waals surface area contributed by atoms with Gasteiger partial charge < -0.3 is 4.57 Å². The van der Waals surface area contributed by atoms with Gasteiger partial charge in [0.05, 0.1) is 5.52 Å². The number of rotatable bonds is 3. The minimum Gasteiger partial charge on any atom is -0.312 e. The first kappa shape index (κ1) is 10.0. The molecule has 0 atom stereocenters. The third-order valence-corrected chi connectivity index (χ3v) is 2.76. The van der Waals surface area contributed by atoms with Gasteiger partial charge in [0.1, 0.15) is 12.0 Å². The molecule has 5 heteroatoms. The van der Waals surface area contributed by atoms with Crippen LogP contribution in [0.2, 0.25) is 0 Å². The molecule has 0 aliphatic heterocycles. The maximum atomic E-state index is 4.33. The molecule has 5 nitrogen and oxygen atoms in total. The minimum absolute atomic E-state index is 0.823. The van der Waals surface area contributed by atoms with E-state index in [2.05, 4.69) is 27.3 Å². The van der Waals surface area contributed by atoms with Gasteiger partial charge in [-0.3, -0.25) is 5.10 Å². The number of nitrogens with one attached hydrogen (secondary N) is 1. The molecule has 3 rings (SSSR count). The highest BCUT2D eigenvalue weighted by Gasteiger charge is 2.13. The normalized spacial score (nSPS) is 11.1. The van der Waals surface area contributed by atoms with Gasteiger partial charge in [0.2, 0.25) is 0 Å². The van der Waals surface area contributed by atoms with Crippen LogP contribution in [0.1, 0.15) is 13.3 Å². The van der Waals surface area contributed by atoms with Crippen molar-refractivity contribution < 1.29 is 0 Å². The van der Waals surface area contributed by atoms with Crippen molar-refractivity contribution in [1.29, 1.82) is 0 Å². The smallest absolute Gasteiger partial charge is 0.184 e. The number of aryl methyl sites for hydroxylation is 1. The van der Waals surface area contributed by atoms with E-state index >= 15 is 0 Å². The minimum atomic E-state index is 0.823. The molecular formula is C12H13N5. The summed E-state index contributed by atoms with van der Waals surface area (Å²) in [5.74, 6) is 0.823. The zero-order valence-corrected chi connectivity index (χ0v) is 9.59. The van der Waals surface area contributed by atoms with E-state index in [1.165, 1.54) is 0 Å². The van der Waals surface area contributed by atoms with Gasteiger partial charge in [0.15, 0.2) is 5.82 Å². The molecule has 0 saturated heterocycles. The fraction of sp³-hybridized carbons (Fsp3) is 0.250. The van der Waals surface area contributed by atoms with Gasteiger partial charge in [-0.05, 0) is 12.5 Å². The van der Waals surface area contributed by atoms with Crippen LogP contribution in [0.25, 0.3) is 22.4 Å². The molecule has 0 aliphatic rings. The second-order valence-corrected chi connectivity index (χ2v) is 3.97. The summed E-state index contributed by atoms with van der Waals surface area (Å²) in [6.45, 7) is 3.04. The van der Waals surface area contributed by atoms with Crippen molar-refractivity contribution in [2.75, 3.05) is 0 Å². The molecule has 0 amide bonds. The molecule has 0 saturated carbocycles. The Kier molecular flexibility index (Phi) is 2.36. The largest absolute Gasteiger partial charge is 0.312 e. The maximum absolute atomic E-state index is 4.33. The Morgan fingerprint density at radius 1 is 1.29 bits per heavy atom.